The number of rotatable bonds is 7. The minimum Gasteiger partial charge on any atom is -0.371 e. The molecule has 0 aliphatic carbocycles. The first-order chi connectivity index (χ1) is 15.3. The smallest absolute Gasteiger partial charge is 0.162 e. The van der Waals surface area contributed by atoms with Crippen LogP contribution in [0.1, 0.15) is 37.9 Å². The SMILES string of the molecule is C=C(C)S/C(C(=C)N1CCC(C#N)(Cc2cccc(F)c2F)CC1)=C(\C)c1ccncn1. The Hall–Kier alpha value is -2.98. The molecule has 4 nitrogen and oxygen atoms in total. The van der Waals surface area contributed by atoms with Crippen molar-refractivity contribution in [3.63, 3.8) is 0 Å². The fourth-order valence-electron chi connectivity index (χ4n) is 3.88. The van der Waals surface area contributed by atoms with Crippen LogP contribution < -0.4 is 0 Å². The molecule has 1 saturated heterocycles. The number of nitrogens with zero attached hydrogens (tertiary/aromatic N) is 4. The summed E-state index contributed by atoms with van der Waals surface area (Å²) < 4.78 is 27.8. The third kappa shape index (κ3) is 5.25. The van der Waals surface area contributed by atoms with Crippen LogP contribution in [0.5, 0.6) is 0 Å². The molecule has 32 heavy (non-hydrogen) atoms. The number of benzene rings is 1. The van der Waals surface area contributed by atoms with Crippen molar-refractivity contribution in [2.75, 3.05) is 13.1 Å². The van der Waals surface area contributed by atoms with Gasteiger partial charge in [0.1, 0.15) is 6.33 Å². The lowest BCUT2D eigenvalue weighted by Gasteiger charge is -2.40. The summed E-state index contributed by atoms with van der Waals surface area (Å²) in [7, 11) is 0. The van der Waals surface area contributed by atoms with E-state index in [4.69, 9.17) is 0 Å². The van der Waals surface area contributed by atoms with Crippen LogP contribution in [0.3, 0.4) is 0 Å². The minimum absolute atomic E-state index is 0.191. The first-order valence-electron chi connectivity index (χ1n) is 10.4. The van der Waals surface area contributed by atoms with Crippen LogP contribution in [0.4, 0.5) is 8.78 Å². The third-order valence-corrected chi connectivity index (χ3v) is 6.84. The number of hydrogen-bond donors (Lipinski definition) is 0. The predicted molar refractivity (Wildman–Crippen MR) is 125 cm³/mol. The Morgan fingerprint density at radius 1 is 1.22 bits per heavy atom. The highest BCUT2D eigenvalue weighted by Crippen LogP contribution is 2.41. The molecule has 0 N–H and O–H groups in total. The topological polar surface area (TPSA) is 52.8 Å². The van der Waals surface area contributed by atoms with Gasteiger partial charge >= 0.3 is 0 Å². The van der Waals surface area contributed by atoms with Gasteiger partial charge in [0.15, 0.2) is 11.6 Å². The summed E-state index contributed by atoms with van der Waals surface area (Å²) in [6, 6.07) is 8.37. The first kappa shape index (κ1) is 23.7. The van der Waals surface area contributed by atoms with Gasteiger partial charge in [-0.1, -0.05) is 37.1 Å². The Labute approximate surface area is 192 Å². The van der Waals surface area contributed by atoms with Crippen LogP contribution >= 0.6 is 11.8 Å². The Morgan fingerprint density at radius 2 is 1.94 bits per heavy atom. The molecule has 0 radical (unpaired) electrons. The van der Waals surface area contributed by atoms with Gasteiger partial charge < -0.3 is 4.90 Å². The summed E-state index contributed by atoms with van der Waals surface area (Å²) in [5.41, 5.74) is 2.15. The van der Waals surface area contributed by atoms with Gasteiger partial charge in [0.25, 0.3) is 0 Å². The van der Waals surface area contributed by atoms with Crippen molar-refractivity contribution in [3.8, 4) is 6.07 Å². The molecular formula is C25H26F2N4S. The second-order valence-corrected chi connectivity index (χ2v) is 9.38. The summed E-state index contributed by atoms with van der Waals surface area (Å²) in [6.07, 6.45) is 4.48. The van der Waals surface area contributed by atoms with Crippen molar-refractivity contribution in [3.05, 3.63) is 88.3 Å². The van der Waals surface area contributed by atoms with E-state index < -0.39 is 17.0 Å². The number of piperidine rings is 1. The van der Waals surface area contributed by atoms with Crippen LogP contribution in [-0.4, -0.2) is 28.0 Å². The van der Waals surface area contributed by atoms with E-state index in [1.165, 1.54) is 12.4 Å². The largest absolute Gasteiger partial charge is 0.371 e. The van der Waals surface area contributed by atoms with Gasteiger partial charge in [-0.15, -0.1) is 0 Å². The van der Waals surface area contributed by atoms with Gasteiger partial charge in [-0.3, -0.25) is 0 Å². The summed E-state index contributed by atoms with van der Waals surface area (Å²) in [5, 5.41) is 9.91. The summed E-state index contributed by atoms with van der Waals surface area (Å²) in [5.74, 6) is -1.74. The van der Waals surface area contributed by atoms with Crippen molar-refractivity contribution >= 4 is 17.3 Å². The molecule has 2 aromatic rings. The highest BCUT2D eigenvalue weighted by Gasteiger charge is 2.36. The molecule has 0 saturated carbocycles. The lowest BCUT2D eigenvalue weighted by molar-refractivity contribution is 0.178. The van der Waals surface area contributed by atoms with E-state index in [-0.39, 0.29) is 12.0 Å². The summed E-state index contributed by atoms with van der Waals surface area (Å²) in [4.78, 5) is 12.4. The van der Waals surface area contributed by atoms with Crippen molar-refractivity contribution in [2.24, 2.45) is 5.41 Å². The monoisotopic (exact) mass is 452 g/mol. The molecule has 0 unspecified atom stereocenters. The number of likely N-dealkylation sites (tertiary alicyclic amines) is 1. The number of nitriles is 1. The maximum absolute atomic E-state index is 14.2. The fraction of sp³-hybridized carbons (Fsp3) is 0.320. The molecule has 3 rings (SSSR count). The lowest BCUT2D eigenvalue weighted by atomic mass is 9.75. The Balaban J connectivity index is 1.80. The highest BCUT2D eigenvalue weighted by molar-refractivity contribution is 8.07. The third-order valence-electron chi connectivity index (χ3n) is 5.75. The van der Waals surface area contributed by atoms with Gasteiger partial charge in [-0.2, -0.15) is 5.26 Å². The van der Waals surface area contributed by atoms with Gasteiger partial charge in [0.2, 0.25) is 0 Å². The molecule has 1 aromatic heterocycles. The molecule has 1 aliphatic heterocycles. The zero-order valence-corrected chi connectivity index (χ0v) is 19.2. The van der Waals surface area contributed by atoms with Crippen molar-refractivity contribution < 1.29 is 8.78 Å². The zero-order valence-electron chi connectivity index (χ0n) is 18.4. The van der Waals surface area contributed by atoms with E-state index in [0.29, 0.717) is 25.9 Å². The molecule has 0 bridgehead atoms. The van der Waals surface area contributed by atoms with Gasteiger partial charge in [-0.05, 0) is 61.3 Å². The maximum Gasteiger partial charge on any atom is 0.162 e. The van der Waals surface area contributed by atoms with Gasteiger partial charge in [-0.25, -0.2) is 18.7 Å². The van der Waals surface area contributed by atoms with Crippen LogP contribution in [0, 0.1) is 28.4 Å². The molecule has 7 heteroatoms. The average Bonchev–Trinajstić information content (AvgIpc) is 2.80. The molecular weight excluding hydrogens is 426 g/mol. The van der Waals surface area contributed by atoms with Crippen molar-refractivity contribution in [1.82, 2.24) is 14.9 Å². The van der Waals surface area contributed by atoms with E-state index in [1.54, 1.807) is 24.0 Å². The maximum atomic E-state index is 14.2. The zero-order chi connectivity index (χ0) is 23.3. The molecule has 2 heterocycles. The second-order valence-electron chi connectivity index (χ2n) is 8.07. The minimum atomic E-state index is -0.881. The number of allylic oxidation sites excluding steroid dienone is 2. The first-order valence-corrected chi connectivity index (χ1v) is 11.2. The van der Waals surface area contributed by atoms with Crippen LogP contribution in [0.2, 0.25) is 0 Å². The quantitative estimate of drug-likeness (QED) is 0.474. The average molecular weight is 453 g/mol. The van der Waals surface area contributed by atoms with Crippen LogP contribution in [0.25, 0.3) is 5.57 Å². The predicted octanol–water partition coefficient (Wildman–Crippen LogP) is 6.11. The standard InChI is InChI=1S/C25H26F2N4S/c1-17(2)32-24(18(3)22-8-11-29-16-30-22)19(4)31-12-9-25(15-28,10-13-31)14-20-6-5-7-21(26)23(20)27/h5-8,11,16H,1,4,9-10,12-14H2,2-3H3/b24-18+. The molecule has 0 amide bonds. The number of aromatic nitrogens is 2. The van der Waals surface area contributed by atoms with E-state index in [1.807, 2.05) is 19.9 Å². The molecule has 1 aromatic carbocycles. The number of halogens is 2. The Bertz CT molecular complexity index is 1080. The summed E-state index contributed by atoms with van der Waals surface area (Å²) >= 11 is 1.54. The van der Waals surface area contributed by atoms with Gasteiger partial charge in [0.05, 0.1) is 17.2 Å². The van der Waals surface area contributed by atoms with Crippen LogP contribution in [0.15, 0.2) is 65.5 Å². The molecule has 0 atom stereocenters. The fourth-order valence-corrected chi connectivity index (χ4v) is 4.73. The van der Waals surface area contributed by atoms with Crippen LogP contribution in [-0.2, 0) is 6.42 Å². The van der Waals surface area contributed by atoms with E-state index in [9.17, 15) is 14.0 Å². The molecule has 166 valence electrons. The highest BCUT2D eigenvalue weighted by atomic mass is 32.2. The van der Waals surface area contributed by atoms with Crippen molar-refractivity contribution in [1.29, 1.82) is 5.26 Å². The van der Waals surface area contributed by atoms with E-state index in [0.717, 1.165) is 32.8 Å². The normalized spacial score (nSPS) is 16.2. The molecule has 1 aliphatic rings. The molecule has 1 fully saturated rings. The second kappa shape index (κ2) is 10.1. The Kier molecular flexibility index (Phi) is 7.47. The lowest BCUT2D eigenvalue weighted by Crippen LogP contribution is -2.40. The number of thioether (sulfide) groups is 1. The molecule has 0 spiro atoms. The van der Waals surface area contributed by atoms with E-state index in [2.05, 4.69) is 34.1 Å². The summed E-state index contributed by atoms with van der Waals surface area (Å²) in [6.45, 7) is 13.5. The van der Waals surface area contributed by atoms with E-state index >= 15 is 0 Å². The van der Waals surface area contributed by atoms with Gasteiger partial charge in [0, 0.05) is 29.9 Å². The van der Waals surface area contributed by atoms with Crippen molar-refractivity contribution in [2.45, 2.75) is 33.1 Å². The number of hydrogen-bond acceptors (Lipinski definition) is 5. The Morgan fingerprint density at radius 3 is 2.53 bits per heavy atom.